The van der Waals surface area contributed by atoms with Gasteiger partial charge in [-0.15, -0.1) is 0 Å². The van der Waals surface area contributed by atoms with Crippen molar-refractivity contribution in [3.8, 4) is 44.5 Å². The van der Waals surface area contributed by atoms with E-state index in [1.165, 1.54) is 51.7 Å². The number of nitrogens with one attached hydrogen (secondary N) is 1. The average molecular weight is 1480 g/mol. The molecule has 0 unspecified atom stereocenters. The molecule has 0 fully saturated rings. The van der Waals surface area contributed by atoms with Crippen molar-refractivity contribution < 1.29 is 33.5 Å². The molecule has 16 nitrogen and oxygen atoms in total. The van der Waals surface area contributed by atoms with Gasteiger partial charge in [0.25, 0.3) is 0 Å². The number of likely N-dealkylation sites (N-methyl/N-ethyl adjacent to an activating group) is 1. The molecule has 1 N–H and O–H groups in total. The van der Waals surface area contributed by atoms with E-state index >= 15 is 0 Å². The number of benzene rings is 7. The number of hydrogen-bond acceptors (Lipinski definition) is 14. The maximum atomic E-state index is 12.5. The second kappa shape index (κ2) is 38.9. The molecule has 4 aliphatic rings. The van der Waals surface area contributed by atoms with Crippen molar-refractivity contribution in [1.29, 1.82) is 0 Å². The highest BCUT2D eigenvalue weighted by Gasteiger charge is 2.25. The van der Waals surface area contributed by atoms with Crippen molar-refractivity contribution in [2.24, 2.45) is 0 Å². The van der Waals surface area contributed by atoms with Crippen LogP contribution in [0.15, 0.2) is 255 Å². The van der Waals surface area contributed by atoms with E-state index in [2.05, 4.69) is 127 Å². The highest BCUT2D eigenvalue weighted by Crippen LogP contribution is 2.36. The number of nitrogens with zero attached hydrogens (tertiary/aromatic N) is 8. The predicted molar refractivity (Wildman–Crippen MR) is 445 cm³/mol. The maximum absolute atomic E-state index is 12.5. The molecule has 0 aliphatic carbocycles. The second-order valence-corrected chi connectivity index (χ2v) is 28.5. The lowest BCUT2D eigenvalue weighted by Crippen LogP contribution is -2.27. The van der Waals surface area contributed by atoms with Crippen LogP contribution in [0.1, 0.15) is 134 Å². The molecule has 4 aliphatic heterocycles. The lowest BCUT2D eigenvalue weighted by atomic mass is 9.97. The Morgan fingerprint density at radius 2 is 0.910 bits per heavy atom. The molecular weight excluding hydrogens is 1380 g/mol. The normalized spacial score (nSPS) is 13.0. The number of aromatic nitrogens is 4. The Morgan fingerprint density at radius 1 is 0.468 bits per heavy atom. The molecule has 11 aromatic rings. The Bertz CT molecular complexity index is 5020. The van der Waals surface area contributed by atoms with E-state index in [1.807, 2.05) is 139 Å². The summed E-state index contributed by atoms with van der Waals surface area (Å²) < 4.78 is 5.21. The van der Waals surface area contributed by atoms with Crippen LogP contribution < -0.4 is 24.9 Å². The monoisotopic (exact) mass is 1480 g/mol. The van der Waals surface area contributed by atoms with Crippen molar-refractivity contribution >= 4 is 57.7 Å². The summed E-state index contributed by atoms with van der Waals surface area (Å²) in [7, 11) is 5.62. The maximum Gasteiger partial charge on any atom is 0.226 e. The largest absolute Gasteiger partial charge is 0.383 e. The van der Waals surface area contributed by atoms with E-state index in [-0.39, 0.29) is 34.9 Å². The molecule has 0 saturated carbocycles. The standard InChI is InChI=1S/C25H26N2O2.C25H28N2O2.C23H22N2O.C22H21N3O2/c1-29-16-15-27-14-12-23-17-22(9-10-24(23)27)20-5-7-21(8-6-20)25(28)11-4-19-3-2-13-26-18-19;1-2-25(29)27-16-13-22-17-21(8-9-23(22)27)19-4-6-20(7-5-19)24(28)10-3-18-11-14-26-15-12-18;1-25-14-12-21-15-20(9-10-22(21)25)18-5-7-19(8-6-18)23(26)11-4-17-3-2-13-24-16-17;1-16(26)25(2)20-9-6-18(7-10-20)19-8-11-21(24-15-19)22(27)12-5-17-4-3-13-23-14-17/h2-3,5-10,13,17-18H,4,11-12,14-16H2,1H3;4-9,11,17,26H,2-3,10,12-16H2,1H3;2-3,5-10,13,15-16H,4,11-12,14H2,1H3;3-4,6-11,13-15H,5,12H2,1-2H3. The summed E-state index contributed by atoms with van der Waals surface area (Å²) in [5, 5.41) is 3.30. The van der Waals surface area contributed by atoms with Gasteiger partial charge in [0, 0.05) is 181 Å². The summed E-state index contributed by atoms with van der Waals surface area (Å²) in [4.78, 5) is 98.0. The van der Waals surface area contributed by atoms with Gasteiger partial charge in [-0.1, -0.05) is 146 Å². The summed E-state index contributed by atoms with van der Waals surface area (Å²) in [5.41, 5.74) is 24.8. The summed E-state index contributed by atoms with van der Waals surface area (Å²) >= 11 is 0. The minimum Gasteiger partial charge on any atom is -0.383 e. The summed E-state index contributed by atoms with van der Waals surface area (Å²) in [6, 6.07) is 66.5. The van der Waals surface area contributed by atoms with Crippen LogP contribution in [-0.2, 0) is 52.9 Å². The summed E-state index contributed by atoms with van der Waals surface area (Å²) in [6.07, 6.45) is 24.2. The van der Waals surface area contributed by atoms with Crippen molar-refractivity contribution in [2.45, 2.75) is 97.3 Å². The Hall–Kier alpha value is -12.0. The van der Waals surface area contributed by atoms with Crippen LogP contribution in [-0.4, -0.2) is 122 Å². The highest BCUT2D eigenvalue weighted by molar-refractivity contribution is 5.99. The molecule has 0 atom stereocenters. The second-order valence-electron chi connectivity index (χ2n) is 28.5. The quantitative estimate of drug-likeness (QED) is 0.0420. The molecule has 8 heterocycles. The number of hydrogen-bond donors (Lipinski definition) is 1. The van der Waals surface area contributed by atoms with Gasteiger partial charge in [-0.3, -0.25) is 48.7 Å². The predicted octanol–water partition coefficient (Wildman–Crippen LogP) is 17.6. The Balaban J connectivity index is 0.000000138. The molecule has 0 radical (unpaired) electrons. The van der Waals surface area contributed by atoms with Crippen LogP contribution >= 0.6 is 0 Å². The summed E-state index contributed by atoms with van der Waals surface area (Å²) in [5.74, 6) is 0.736. The van der Waals surface area contributed by atoms with Crippen molar-refractivity contribution in [1.82, 2.24) is 25.3 Å². The molecule has 16 heteroatoms. The number of pyridine rings is 4. The number of carbonyl (C=O) groups is 6. The van der Waals surface area contributed by atoms with E-state index in [4.69, 9.17) is 4.74 Å². The first kappa shape index (κ1) is 78.6. The molecular formula is C95H97N9O7. The fraction of sp³-hybridized carbons (Fsp3) is 0.263. The van der Waals surface area contributed by atoms with Gasteiger partial charge < -0.3 is 29.7 Å². The Morgan fingerprint density at radius 3 is 1.38 bits per heavy atom. The fourth-order valence-electron chi connectivity index (χ4n) is 14.3. The van der Waals surface area contributed by atoms with Crippen molar-refractivity contribution in [3.63, 3.8) is 0 Å². The van der Waals surface area contributed by atoms with Gasteiger partial charge in [0.2, 0.25) is 11.8 Å². The van der Waals surface area contributed by atoms with Crippen LogP contribution in [0.2, 0.25) is 0 Å². The topological polar surface area (TPSA) is 188 Å². The molecule has 0 spiro atoms. The molecule has 7 aromatic carbocycles. The van der Waals surface area contributed by atoms with Crippen LogP contribution in [0.5, 0.6) is 0 Å². The van der Waals surface area contributed by atoms with Gasteiger partial charge in [0.1, 0.15) is 5.69 Å². The Kier molecular flexibility index (Phi) is 27.5. The van der Waals surface area contributed by atoms with Gasteiger partial charge in [-0.05, 0) is 203 Å². The fourth-order valence-corrected chi connectivity index (χ4v) is 14.3. The lowest BCUT2D eigenvalue weighted by Gasteiger charge is -2.19. The zero-order valence-corrected chi connectivity index (χ0v) is 64.2. The first-order valence-electron chi connectivity index (χ1n) is 38.6. The van der Waals surface area contributed by atoms with Gasteiger partial charge in [0.15, 0.2) is 23.1 Å². The molecule has 0 bridgehead atoms. The number of fused-ring (bicyclic) bond motifs is 3. The number of Topliss-reactive ketones (excluding diaryl/α,β-unsaturated/α-hetero) is 4. The third-order valence-electron chi connectivity index (χ3n) is 21.1. The number of ketones is 4. The third-order valence-corrected chi connectivity index (χ3v) is 21.1. The Labute approximate surface area is 652 Å². The number of rotatable bonds is 25. The van der Waals surface area contributed by atoms with Gasteiger partial charge in [0.05, 0.1) is 6.61 Å². The van der Waals surface area contributed by atoms with Crippen molar-refractivity contribution in [2.75, 3.05) is 86.7 Å². The third kappa shape index (κ3) is 21.3. The zero-order chi connectivity index (χ0) is 77.4. The average Bonchev–Trinajstić information content (AvgIpc) is 1.32. The molecule has 2 amide bonds. The zero-order valence-electron chi connectivity index (χ0n) is 64.2. The number of amides is 2. The number of methoxy groups -OCH3 is 1. The first-order chi connectivity index (χ1) is 54.1. The van der Waals surface area contributed by atoms with Crippen LogP contribution in [0.25, 0.3) is 44.5 Å². The van der Waals surface area contributed by atoms with E-state index in [1.54, 1.807) is 56.1 Å². The SMILES string of the molecule is CC(=O)N(C)c1ccc(-c2ccc(C(=O)CCc3cccnc3)nc2)cc1.CCC(=O)N1CCc2cc(-c3ccc(C(=O)CCC4=CCNCC4)cc3)ccc21.CN1CCc2cc(-c3ccc(C(=O)CCc4cccnc4)cc3)ccc21.COCCN1CCc2cc(-c3ccc(C(=O)CCc4cccnc4)cc3)ccc21. The number of ether oxygens (including phenoxy) is 1. The molecule has 564 valence electrons. The molecule has 4 aromatic heterocycles. The van der Waals surface area contributed by atoms with E-state index < -0.39 is 0 Å². The minimum absolute atomic E-state index is 0.0152. The van der Waals surface area contributed by atoms with E-state index in [9.17, 15) is 28.8 Å². The highest BCUT2D eigenvalue weighted by atomic mass is 16.5. The van der Waals surface area contributed by atoms with E-state index in [0.717, 1.165) is 169 Å². The van der Waals surface area contributed by atoms with Crippen LogP contribution in [0, 0.1) is 0 Å². The van der Waals surface area contributed by atoms with Crippen LogP contribution in [0.4, 0.5) is 22.7 Å². The smallest absolute Gasteiger partial charge is 0.226 e. The molecule has 111 heavy (non-hydrogen) atoms. The number of aryl methyl sites for hydroxylation is 3. The minimum atomic E-state index is -0.0152. The first-order valence-corrected chi connectivity index (χ1v) is 38.6. The number of anilines is 4. The molecule has 0 saturated heterocycles. The van der Waals surface area contributed by atoms with Gasteiger partial charge in [-0.25, -0.2) is 0 Å². The van der Waals surface area contributed by atoms with Crippen molar-refractivity contribution in [3.05, 3.63) is 311 Å². The van der Waals surface area contributed by atoms with Gasteiger partial charge in [-0.2, -0.15) is 0 Å². The van der Waals surface area contributed by atoms with Gasteiger partial charge >= 0.3 is 0 Å². The number of carbonyl (C=O) groups excluding carboxylic acids is 6. The molecule has 15 rings (SSSR count). The van der Waals surface area contributed by atoms with Crippen LogP contribution in [0.3, 0.4) is 0 Å². The van der Waals surface area contributed by atoms with E-state index in [0.29, 0.717) is 44.2 Å². The summed E-state index contributed by atoms with van der Waals surface area (Å²) in [6.45, 7) is 9.95. The lowest BCUT2D eigenvalue weighted by molar-refractivity contribution is -0.118.